The van der Waals surface area contributed by atoms with E-state index in [-0.39, 0.29) is 0 Å². The molecule has 0 unspecified atom stereocenters. The summed E-state index contributed by atoms with van der Waals surface area (Å²) < 4.78 is 5.46. The minimum absolute atomic E-state index is 0.963. The van der Waals surface area contributed by atoms with Gasteiger partial charge in [0.1, 0.15) is 5.75 Å². The quantitative estimate of drug-likeness (QED) is 0.660. The van der Waals surface area contributed by atoms with E-state index in [9.17, 15) is 0 Å². The van der Waals surface area contributed by atoms with E-state index in [4.69, 9.17) is 4.74 Å². The number of hydrogen-bond acceptors (Lipinski definition) is 1. The van der Waals surface area contributed by atoms with Crippen LogP contribution in [0.1, 0.15) is 26.3 Å². The number of hydrogen-bond donors (Lipinski definition) is 0. The molecule has 94 valence electrons. The smallest absolute Gasteiger partial charge is 0.125 e. The molecule has 0 saturated carbocycles. The Morgan fingerprint density at radius 1 is 1.12 bits per heavy atom. The number of rotatable bonds is 6. The van der Waals surface area contributed by atoms with Crippen molar-refractivity contribution in [2.24, 2.45) is 0 Å². The number of para-hydroxylation sites is 1. The lowest BCUT2D eigenvalue weighted by Gasteiger charge is -2.31. The van der Waals surface area contributed by atoms with Gasteiger partial charge in [0.2, 0.25) is 0 Å². The van der Waals surface area contributed by atoms with Gasteiger partial charge in [0.15, 0.2) is 0 Å². The summed E-state index contributed by atoms with van der Waals surface area (Å²) in [4.78, 5) is 0. The van der Waals surface area contributed by atoms with E-state index in [0.29, 0.717) is 0 Å². The number of ether oxygens (including phenoxy) is 1. The average Bonchev–Trinajstić information content (AvgIpc) is 2.41. The van der Waals surface area contributed by atoms with Gasteiger partial charge in [-0.3, -0.25) is 0 Å². The van der Waals surface area contributed by atoms with Gasteiger partial charge in [-0.2, -0.15) is 0 Å². The lowest BCUT2D eigenvalue weighted by molar-refractivity contribution is 0.413. The molecule has 0 N–H and O–H groups in total. The van der Waals surface area contributed by atoms with Crippen LogP contribution in [-0.4, -0.2) is 15.2 Å². The van der Waals surface area contributed by atoms with Crippen molar-refractivity contribution in [2.45, 2.75) is 38.9 Å². The molecule has 0 saturated heterocycles. The molecule has 0 spiro atoms. The van der Waals surface area contributed by atoms with Crippen LogP contribution in [0.5, 0.6) is 5.75 Å². The van der Waals surface area contributed by atoms with Crippen LogP contribution in [0.4, 0.5) is 0 Å². The van der Waals surface area contributed by atoms with Crippen LogP contribution in [0.2, 0.25) is 18.1 Å². The predicted octanol–water partition coefficient (Wildman–Crippen LogP) is 4.76. The summed E-state index contributed by atoms with van der Waals surface area (Å²) in [5, 5.41) is 1.35. The zero-order chi connectivity index (χ0) is 12.9. The van der Waals surface area contributed by atoms with Gasteiger partial charge in [0, 0.05) is 5.56 Å². The van der Waals surface area contributed by atoms with Gasteiger partial charge in [-0.1, -0.05) is 68.9 Å². The standard InChI is InChI=1S/C15H24OSi/c1-6-17(7-2,8-3)13(4)14-11-9-10-12-15(14)16-5/h9-12H,4,6-8H2,1-3,5H3. The van der Waals surface area contributed by atoms with Crippen LogP contribution in [-0.2, 0) is 0 Å². The van der Waals surface area contributed by atoms with E-state index >= 15 is 0 Å². The first kappa shape index (κ1) is 14.0. The monoisotopic (exact) mass is 248 g/mol. The molecule has 0 aromatic heterocycles. The average molecular weight is 248 g/mol. The molecule has 0 heterocycles. The SMILES string of the molecule is C=C(c1ccccc1OC)[Si](CC)(CC)CC. The highest BCUT2D eigenvalue weighted by atomic mass is 28.3. The molecule has 1 aromatic rings. The maximum Gasteiger partial charge on any atom is 0.125 e. The fourth-order valence-electron chi connectivity index (χ4n) is 2.57. The number of benzene rings is 1. The molecule has 0 aliphatic carbocycles. The Morgan fingerprint density at radius 3 is 2.12 bits per heavy atom. The van der Waals surface area contributed by atoms with Gasteiger partial charge >= 0.3 is 0 Å². The van der Waals surface area contributed by atoms with E-state index in [1.165, 1.54) is 28.9 Å². The summed E-state index contributed by atoms with van der Waals surface area (Å²) in [7, 11) is 0.352. The van der Waals surface area contributed by atoms with Crippen LogP contribution in [0, 0.1) is 0 Å². The highest BCUT2D eigenvalue weighted by molar-refractivity contribution is 6.96. The van der Waals surface area contributed by atoms with E-state index in [2.05, 4.69) is 39.5 Å². The summed E-state index contributed by atoms with van der Waals surface area (Å²) in [6, 6.07) is 12.0. The first-order valence-electron chi connectivity index (χ1n) is 6.48. The third-order valence-corrected chi connectivity index (χ3v) is 9.71. The van der Waals surface area contributed by atoms with Gasteiger partial charge in [-0.15, -0.1) is 0 Å². The molecule has 0 aliphatic rings. The van der Waals surface area contributed by atoms with Gasteiger partial charge < -0.3 is 4.74 Å². The van der Waals surface area contributed by atoms with Gasteiger partial charge in [0.05, 0.1) is 15.2 Å². The maximum atomic E-state index is 5.46. The lowest BCUT2D eigenvalue weighted by Crippen LogP contribution is -2.33. The molecule has 0 atom stereocenters. The first-order chi connectivity index (χ1) is 8.15. The number of methoxy groups -OCH3 is 1. The third-order valence-electron chi connectivity index (χ3n) is 4.10. The molecule has 0 bridgehead atoms. The van der Waals surface area contributed by atoms with Crippen LogP contribution < -0.4 is 4.74 Å². The van der Waals surface area contributed by atoms with Crippen molar-refractivity contribution >= 4 is 13.3 Å². The molecule has 2 heteroatoms. The highest BCUT2D eigenvalue weighted by Gasteiger charge is 2.31. The van der Waals surface area contributed by atoms with Crippen LogP contribution in [0.25, 0.3) is 5.20 Å². The van der Waals surface area contributed by atoms with E-state index in [1.54, 1.807) is 7.11 Å². The molecule has 0 radical (unpaired) electrons. The fraction of sp³-hybridized carbons (Fsp3) is 0.467. The van der Waals surface area contributed by atoms with Crippen LogP contribution in [0.3, 0.4) is 0 Å². The Bertz CT molecular complexity index is 372. The summed E-state index contributed by atoms with van der Waals surface area (Å²) in [5.41, 5.74) is 1.22. The largest absolute Gasteiger partial charge is 0.496 e. The van der Waals surface area contributed by atoms with Crippen molar-refractivity contribution in [1.82, 2.24) is 0 Å². The molecular weight excluding hydrogens is 224 g/mol. The summed E-state index contributed by atoms with van der Waals surface area (Å²) in [6.07, 6.45) is 0. The molecule has 0 aliphatic heterocycles. The first-order valence-corrected chi connectivity index (χ1v) is 9.10. The van der Waals surface area contributed by atoms with Gasteiger partial charge in [-0.05, 0) is 6.07 Å². The van der Waals surface area contributed by atoms with Gasteiger partial charge in [-0.25, -0.2) is 0 Å². The zero-order valence-electron chi connectivity index (χ0n) is 11.5. The fourth-order valence-corrected chi connectivity index (χ4v) is 6.13. The van der Waals surface area contributed by atoms with E-state index < -0.39 is 8.07 Å². The zero-order valence-corrected chi connectivity index (χ0v) is 12.5. The Kier molecular flexibility index (Phi) is 5.00. The molecule has 1 aromatic carbocycles. The van der Waals surface area contributed by atoms with Crippen molar-refractivity contribution in [3.8, 4) is 5.75 Å². The highest BCUT2D eigenvalue weighted by Crippen LogP contribution is 2.37. The Morgan fingerprint density at radius 2 is 1.65 bits per heavy atom. The van der Waals surface area contributed by atoms with Crippen molar-refractivity contribution in [3.63, 3.8) is 0 Å². The maximum absolute atomic E-state index is 5.46. The third kappa shape index (κ3) is 2.63. The van der Waals surface area contributed by atoms with E-state index in [0.717, 1.165) is 5.75 Å². The van der Waals surface area contributed by atoms with Crippen molar-refractivity contribution in [2.75, 3.05) is 7.11 Å². The van der Waals surface area contributed by atoms with E-state index in [1.807, 2.05) is 12.1 Å². The summed E-state index contributed by atoms with van der Waals surface area (Å²) >= 11 is 0. The lowest BCUT2D eigenvalue weighted by atomic mass is 10.2. The summed E-state index contributed by atoms with van der Waals surface area (Å²) in [5.74, 6) is 0.963. The van der Waals surface area contributed by atoms with Crippen LogP contribution in [0.15, 0.2) is 30.8 Å². The second-order valence-corrected chi connectivity index (χ2v) is 9.81. The normalized spacial score (nSPS) is 11.3. The molecule has 1 nitrogen and oxygen atoms in total. The Hall–Kier alpha value is -1.02. The van der Waals surface area contributed by atoms with Crippen molar-refractivity contribution in [3.05, 3.63) is 36.4 Å². The van der Waals surface area contributed by atoms with Crippen molar-refractivity contribution < 1.29 is 4.74 Å². The summed E-state index contributed by atoms with van der Waals surface area (Å²) in [6.45, 7) is 11.3. The second kappa shape index (κ2) is 6.06. The minimum atomic E-state index is -1.38. The van der Waals surface area contributed by atoms with Crippen molar-refractivity contribution in [1.29, 1.82) is 0 Å². The molecule has 0 amide bonds. The van der Waals surface area contributed by atoms with Gasteiger partial charge in [0.25, 0.3) is 0 Å². The topological polar surface area (TPSA) is 9.23 Å². The molecule has 1 rings (SSSR count). The predicted molar refractivity (Wildman–Crippen MR) is 79.2 cm³/mol. The Balaban J connectivity index is 3.18. The second-order valence-electron chi connectivity index (χ2n) is 4.52. The molecular formula is C15H24OSi. The van der Waals surface area contributed by atoms with Crippen LogP contribution >= 0.6 is 0 Å². The molecule has 17 heavy (non-hydrogen) atoms. The minimum Gasteiger partial charge on any atom is -0.496 e. The molecule has 0 fully saturated rings. The Labute approximate surface area is 107 Å².